The van der Waals surface area contributed by atoms with Crippen LogP contribution in [0.15, 0.2) is 85.7 Å². The highest BCUT2D eigenvalue weighted by Gasteiger charge is 2.43. The van der Waals surface area contributed by atoms with E-state index in [1.807, 2.05) is 0 Å². The second-order valence-electron chi connectivity index (χ2n) is 19.4. The Kier molecular flexibility index (Phi) is 18.8. The lowest BCUT2D eigenvalue weighted by Crippen LogP contribution is -2.47. The maximum atomic E-state index is 14.5. The Morgan fingerprint density at radius 3 is 1.62 bits per heavy atom. The number of likely N-dealkylation sites (tertiary alicyclic amines) is 1. The van der Waals surface area contributed by atoms with Gasteiger partial charge < -0.3 is 50.6 Å². The van der Waals surface area contributed by atoms with Crippen molar-refractivity contribution in [2.24, 2.45) is 0 Å². The van der Waals surface area contributed by atoms with Gasteiger partial charge in [0.15, 0.2) is 34.8 Å². The van der Waals surface area contributed by atoms with Crippen LogP contribution >= 0.6 is 23.2 Å². The summed E-state index contributed by atoms with van der Waals surface area (Å²) < 4.78 is 45.2. The minimum absolute atomic E-state index is 0.0433. The Morgan fingerprint density at radius 2 is 1.16 bits per heavy atom. The number of carbonyl (C=O) groups excluding carboxylic acids is 5. The molecule has 8 rings (SSSR count). The molecule has 0 saturated carbocycles. The fourth-order valence-corrected chi connectivity index (χ4v) is 8.65. The van der Waals surface area contributed by atoms with Gasteiger partial charge in [-0.05, 0) is 82.1 Å². The summed E-state index contributed by atoms with van der Waals surface area (Å²) in [6, 6.07) is 9.37. The van der Waals surface area contributed by atoms with E-state index in [2.05, 4.69) is 56.5 Å². The van der Waals surface area contributed by atoms with Crippen LogP contribution in [0.3, 0.4) is 0 Å². The molecule has 22 nitrogen and oxygen atoms in total. The zero-order valence-corrected chi connectivity index (χ0v) is 46.0. The van der Waals surface area contributed by atoms with Gasteiger partial charge in [-0.3, -0.25) is 34.0 Å². The van der Waals surface area contributed by atoms with Crippen LogP contribution in [-0.2, 0) is 14.3 Å². The smallest absolute Gasteiger partial charge is 0.411 e. The Hall–Kier alpha value is -8.35. The molecule has 2 aromatic carbocycles. The van der Waals surface area contributed by atoms with E-state index in [0.29, 0.717) is 34.4 Å². The van der Waals surface area contributed by atoms with Crippen LogP contribution in [0.1, 0.15) is 54.3 Å². The molecule has 0 spiro atoms. The summed E-state index contributed by atoms with van der Waals surface area (Å²) in [5.74, 6) is -1.24. The van der Waals surface area contributed by atoms with Crippen LogP contribution in [0.2, 0.25) is 10.0 Å². The first-order valence-electron chi connectivity index (χ1n) is 24.5. The largest absolute Gasteiger partial charge is 0.491 e. The summed E-state index contributed by atoms with van der Waals surface area (Å²) in [5, 5.41) is 15.8. The van der Waals surface area contributed by atoms with Gasteiger partial charge in [0.25, 0.3) is 11.8 Å². The number of nitrogens with zero attached hydrogens (tertiary/aromatic N) is 9. The van der Waals surface area contributed by atoms with Crippen molar-refractivity contribution < 1.29 is 47.0 Å². The van der Waals surface area contributed by atoms with E-state index in [9.17, 15) is 32.8 Å². The molecule has 4 aromatic heterocycles. The van der Waals surface area contributed by atoms with E-state index in [1.165, 1.54) is 102 Å². The molecule has 0 radical (unpaired) electrons. The molecule has 0 aliphatic carbocycles. The number of anilines is 4. The van der Waals surface area contributed by atoms with Crippen molar-refractivity contribution in [3.05, 3.63) is 119 Å². The third-order valence-corrected chi connectivity index (χ3v) is 12.6. The Balaban J connectivity index is 0.000000232. The zero-order valence-electron chi connectivity index (χ0n) is 44.5. The predicted octanol–water partition coefficient (Wildman–Crippen LogP) is 6.91. The summed E-state index contributed by atoms with van der Waals surface area (Å²) in [4.78, 5) is 94.3. The van der Waals surface area contributed by atoms with Crippen molar-refractivity contribution in [2.45, 2.75) is 63.4 Å². The summed E-state index contributed by atoms with van der Waals surface area (Å²) in [7, 11) is 9.45. The van der Waals surface area contributed by atoms with Gasteiger partial charge in [0.2, 0.25) is 11.8 Å². The van der Waals surface area contributed by atoms with Gasteiger partial charge in [-0.1, -0.05) is 23.2 Å². The molecule has 416 valence electrons. The molecule has 4 atom stereocenters. The Labute approximate surface area is 464 Å². The number of halogens is 4. The van der Waals surface area contributed by atoms with Crippen molar-refractivity contribution in [3.63, 3.8) is 0 Å². The number of rotatable bonds is 14. The molecule has 5 amide bonds. The lowest BCUT2D eigenvalue weighted by Gasteiger charge is -2.29. The molecule has 6 heterocycles. The van der Waals surface area contributed by atoms with Gasteiger partial charge in [-0.2, -0.15) is 0 Å². The molecule has 6 aromatic rings. The number of hydrogen-bond acceptors (Lipinski definition) is 17. The monoisotopic (exact) mass is 1130 g/mol. The lowest BCUT2D eigenvalue weighted by molar-refractivity contribution is -0.133. The van der Waals surface area contributed by atoms with Gasteiger partial charge in [0.05, 0.1) is 66.3 Å². The number of amides is 5. The van der Waals surface area contributed by atoms with Crippen molar-refractivity contribution in [2.75, 3.05) is 66.1 Å². The number of methoxy groups -OCH3 is 2. The summed E-state index contributed by atoms with van der Waals surface area (Å²) >= 11 is 12.1. The number of hydrogen-bond donors (Lipinski definition) is 5. The summed E-state index contributed by atoms with van der Waals surface area (Å²) in [6.07, 6.45) is 8.59. The van der Waals surface area contributed by atoms with Crippen LogP contribution in [0.5, 0.6) is 11.5 Å². The zero-order chi connectivity index (χ0) is 57.3. The van der Waals surface area contributed by atoms with Crippen molar-refractivity contribution >= 4 is 75.9 Å². The quantitative estimate of drug-likeness (QED) is 0.0742. The topological polar surface area (TPSA) is 260 Å². The van der Waals surface area contributed by atoms with E-state index >= 15 is 0 Å². The number of benzene rings is 2. The minimum Gasteiger partial charge on any atom is -0.491 e. The van der Waals surface area contributed by atoms with Crippen LogP contribution in [0.25, 0.3) is 22.8 Å². The minimum atomic E-state index is -0.808. The number of carbonyl (C=O) groups is 5. The van der Waals surface area contributed by atoms with E-state index < -0.39 is 41.3 Å². The van der Waals surface area contributed by atoms with Crippen molar-refractivity contribution in [1.29, 1.82) is 0 Å². The molecule has 2 aliphatic heterocycles. The Morgan fingerprint density at radius 1 is 0.684 bits per heavy atom. The highest BCUT2D eigenvalue weighted by Crippen LogP contribution is 2.33. The van der Waals surface area contributed by atoms with Gasteiger partial charge in [-0.25, -0.2) is 33.5 Å². The predicted molar refractivity (Wildman–Crippen MR) is 291 cm³/mol. The average molecular weight is 1130 g/mol. The summed E-state index contributed by atoms with van der Waals surface area (Å²) in [6.45, 7) is 5.75. The number of aromatic nitrogens is 6. The normalized spacial score (nSPS) is 16.6. The Bertz CT molecular complexity index is 3240. The fourth-order valence-electron chi connectivity index (χ4n) is 8.31. The number of likely N-dealkylation sites (N-methyl/N-ethyl adjacent to an activating group) is 2. The van der Waals surface area contributed by atoms with Crippen molar-refractivity contribution in [3.8, 4) is 34.3 Å². The molecule has 0 unspecified atom stereocenters. The van der Waals surface area contributed by atoms with E-state index in [0.717, 1.165) is 0 Å². The SMILES string of the molecule is COc1cnc(-c2cc(Cl)ccc2F)nc1Nc1ccncc1C(=O)N[C@@H]1C[C@H](C(=O)N(C)C)N(C(=O)OC(C)(C)C)C1.COc1cnc(-c2cc(Cl)ccc2F)nc1Nc1ccncc1C(=O)N[C@H]1CN[C@@H](C(=O)N(C)C)C1. The van der Waals surface area contributed by atoms with Crippen LogP contribution in [0.4, 0.5) is 36.6 Å². The highest BCUT2D eigenvalue weighted by atomic mass is 35.5. The molecule has 2 saturated heterocycles. The molecular weight excluding hydrogens is 1070 g/mol. The van der Waals surface area contributed by atoms with Crippen LogP contribution < -0.4 is 36.1 Å². The van der Waals surface area contributed by atoms with E-state index in [1.54, 1.807) is 61.1 Å². The number of nitrogens with one attached hydrogen (secondary N) is 5. The first kappa shape index (κ1) is 58.3. The molecule has 2 aliphatic rings. The van der Waals surface area contributed by atoms with E-state index in [-0.39, 0.29) is 99.8 Å². The van der Waals surface area contributed by atoms with Crippen LogP contribution in [-0.4, -0.2) is 160 Å². The third-order valence-electron chi connectivity index (χ3n) is 12.1. The second kappa shape index (κ2) is 25.4. The molecule has 26 heteroatoms. The fraction of sp³-hybridized carbons (Fsp3) is 0.340. The number of pyridine rings is 2. The van der Waals surface area contributed by atoms with Gasteiger partial charge in [0, 0.05) is 88.2 Å². The van der Waals surface area contributed by atoms with Crippen molar-refractivity contribution in [1.82, 2.24) is 60.6 Å². The maximum Gasteiger partial charge on any atom is 0.411 e. The molecule has 0 bridgehead atoms. The van der Waals surface area contributed by atoms with Crippen LogP contribution in [0, 0.1) is 11.6 Å². The maximum absolute atomic E-state index is 14.5. The molecule has 5 N–H and O–H groups in total. The third kappa shape index (κ3) is 14.6. The van der Waals surface area contributed by atoms with Gasteiger partial charge in [0.1, 0.15) is 23.3 Å². The second-order valence-corrected chi connectivity index (χ2v) is 20.3. The van der Waals surface area contributed by atoms with E-state index in [4.69, 9.17) is 37.4 Å². The highest BCUT2D eigenvalue weighted by molar-refractivity contribution is 6.31. The first-order valence-corrected chi connectivity index (χ1v) is 25.2. The lowest BCUT2D eigenvalue weighted by atomic mass is 10.1. The molecule has 2 fully saturated rings. The summed E-state index contributed by atoms with van der Waals surface area (Å²) in [5.41, 5.74) is 0.593. The standard InChI is InChI=1S/C29H33ClFN7O5.C24H25ClFN7O3/c1-29(2,3)43-28(41)38-15-17(12-22(38)27(40)37(4)5)34-26(39)19-13-32-10-9-21(19)35-25-23(42-6)14-33-24(36-25)18-11-16(30)7-8-20(18)31;1-33(2)24(35)19-9-14(10-28-19)30-23(34)16-11-27-7-6-18(16)31-22-20(36-3)12-29-21(32-22)15-8-13(25)4-5-17(15)26/h7-11,13-14,17,22H,12,15H2,1-6H3,(H,34,39)(H,32,33,35,36);4-8,11-12,14,19,28H,9-10H2,1-3H3,(H,30,34)(H,27,29,31,32)/t17-,22-;14-,19-/m11/s1. The molecular formula is C53H58Cl2F2N14O8. The molecule has 79 heavy (non-hydrogen) atoms. The number of ether oxygens (including phenoxy) is 3. The first-order chi connectivity index (χ1) is 37.5. The average Bonchev–Trinajstić information content (AvgIpc) is 4.07. The van der Waals surface area contributed by atoms with Gasteiger partial charge >= 0.3 is 6.09 Å². The van der Waals surface area contributed by atoms with Gasteiger partial charge in [-0.15, -0.1) is 0 Å².